The topological polar surface area (TPSA) is 24.9 Å². The molecule has 0 radical (unpaired) electrons. The zero-order chi connectivity index (χ0) is 15.0. The van der Waals surface area contributed by atoms with Crippen molar-refractivity contribution in [1.82, 2.24) is 10.3 Å². The summed E-state index contributed by atoms with van der Waals surface area (Å²) in [6.07, 6.45) is 4.13. The Morgan fingerprint density at radius 1 is 1.15 bits per heavy atom. The van der Waals surface area contributed by atoms with Crippen molar-refractivity contribution in [1.29, 1.82) is 0 Å². The molecule has 1 aliphatic carbocycles. The lowest BCUT2D eigenvalue weighted by atomic mass is 9.99. The predicted octanol–water partition coefficient (Wildman–Crippen LogP) is 3.85. The number of likely N-dealkylation sites (N-methyl/N-ethyl adjacent to an activating group) is 1. The third-order valence-electron chi connectivity index (χ3n) is 5.72. The maximum atomic E-state index is 4.64. The Morgan fingerprint density at radius 3 is 2.20 bits per heavy atom. The average Bonchev–Trinajstić information content (AvgIpc) is 2.80. The third-order valence-corrected chi connectivity index (χ3v) is 5.72. The molecule has 0 aliphatic heterocycles. The highest BCUT2D eigenvalue weighted by molar-refractivity contribution is 5.20. The molecule has 1 aromatic rings. The largest absolute Gasteiger partial charge is 0.314 e. The number of hydrogen-bond donors (Lipinski definition) is 1. The van der Waals surface area contributed by atoms with Crippen LogP contribution in [0.4, 0.5) is 0 Å². The van der Waals surface area contributed by atoms with Crippen LogP contribution in [0.3, 0.4) is 0 Å². The van der Waals surface area contributed by atoms with Gasteiger partial charge in [0, 0.05) is 24.4 Å². The van der Waals surface area contributed by atoms with Gasteiger partial charge < -0.3 is 5.32 Å². The number of nitrogens with one attached hydrogen (secondary N) is 1. The van der Waals surface area contributed by atoms with E-state index in [0.717, 1.165) is 25.3 Å². The molecule has 0 amide bonds. The molecular formula is C18H30N2. The molecule has 20 heavy (non-hydrogen) atoms. The Morgan fingerprint density at radius 2 is 1.80 bits per heavy atom. The maximum Gasteiger partial charge on any atom is 0.0419 e. The number of rotatable bonds is 6. The number of nitrogens with zero attached hydrogens (tertiary/aromatic N) is 1. The third kappa shape index (κ3) is 2.63. The van der Waals surface area contributed by atoms with Gasteiger partial charge in [-0.3, -0.25) is 4.98 Å². The Labute approximate surface area is 124 Å². The van der Waals surface area contributed by atoms with E-state index in [-0.39, 0.29) is 0 Å². The van der Waals surface area contributed by atoms with Crippen LogP contribution in [-0.2, 0) is 12.8 Å². The minimum absolute atomic E-state index is 0.420. The minimum atomic E-state index is 0.420. The molecule has 2 nitrogen and oxygen atoms in total. The summed E-state index contributed by atoms with van der Waals surface area (Å²) < 4.78 is 0. The molecule has 0 saturated heterocycles. The van der Waals surface area contributed by atoms with Crippen LogP contribution >= 0.6 is 0 Å². The number of hydrogen-bond acceptors (Lipinski definition) is 2. The Bertz CT molecular complexity index is 431. The molecule has 2 rings (SSSR count). The number of pyridine rings is 1. The highest BCUT2D eigenvalue weighted by Crippen LogP contribution is 2.69. The van der Waals surface area contributed by atoms with Gasteiger partial charge in [0.1, 0.15) is 0 Å². The predicted molar refractivity (Wildman–Crippen MR) is 85.8 cm³/mol. The van der Waals surface area contributed by atoms with Gasteiger partial charge in [0.2, 0.25) is 0 Å². The second-order valence-corrected chi connectivity index (χ2v) is 7.30. The molecule has 1 atom stereocenters. The zero-order valence-corrected chi connectivity index (χ0v) is 14.0. The van der Waals surface area contributed by atoms with Gasteiger partial charge in [-0.1, -0.05) is 47.6 Å². The summed E-state index contributed by atoms with van der Waals surface area (Å²) in [4.78, 5) is 4.64. The Kier molecular flexibility index (Phi) is 4.24. The fourth-order valence-electron chi connectivity index (χ4n) is 3.83. The fourth-order valence-corrected chi connectivity index (χ4v) is 3.83. The van der Waals surface area contributed by atoms with Gasteiger partial charge in [0.25, 0.3) is 0 Å². The zero-order valence-electron chi connectivity index (χ0n) is 14.0. The molecule has 1 fully saturated rings. The van der Waals surface area contributed by atoms with E-state index in [1.807, 2.05) is 6.20 Å². The summed E-state index contributed by atoms with van der Waals surface area (Å²) in [6, 6.07) is 4.95. The van der Waals surface area contributed by atoms with Gasteiger partial charge in [-0.2, -0.15) is 0 Å². The van der Waals surface area contributed by atoms with E-state index < -0.39 is 0 Å². The molecule has 1 saturated carbocycles. The number of aromatic nitrogens is 1. The van der Waals surface area contributed by atoms with Crippen LogP contribution in [0.5, 0.6) is 0 Å². The van der Waals surface area contributed by atoms with Crippen molar-refractivity contribution in [3.63, 3.8) is 0 Å². The van der Waals surface area contributed by atoms with Gasteiger partial charge in [0.15, 0.2) is 0 Å². The molecule has 1 aliphatic rings. The van der Waals surface area contributed by atoms with Gasteiger partial charge in [-0.15, -0.1) is 0 Å². The smallest absolute Gasteiger partial charge is 0.0419 e. The first-order valence-electron chi connectivity index (χ1n) is 8.01. The lowest BCUT2D eigenvalue weighted by Gasteiger charge is -2.20. The van der Waals surface area contributed by atoms with Gasteiger partial charge in [-0.05, 0) is 41.3 Å². The van der Waals surface area contributed by atoms with E-state index in [9.17, 15) is 0 Å². The van der Waals surface area contributed by atoms with Crippen molar-refractivity contribution < 1.29 is 0 Å². The molecule has 0 aromatic carbocycles. The van der Waals surface area contributed by atoms with E-state index >= 15 is 0 Å². The average molecular weight is 274 g/mol. The molecule has 1 N–H and O–H groups in total. The molecule has 1 heterocycles. The van der Waals surface area contributed by atoms with Crippen LogP contribution in [0.2, 0.25) is 0 Å². The van der Waals surface area contributed by atoms with Gasteiger partial charge in [0.05, 0.1) is 0 Å². The molecule has 1 aromatic heterocycles. The summed E-state index contributed by atoms with van der Waals surface area (Å²) in [7, 11) is 0. The van der Waals surface area contributed by atoms with Crippen LogP contribution in [0.1, 0.15) is 52.8 Å². The molecule has 0 spiro atoms. The standard InChI is InChI=1S/C18H30N2/c1-7-13-9-10-14(20-12-13)11-15(19-8-2)16-17(3,4)18(16,5)6/h9-10,12,15-16,19H,7-8,11H2,1-6H3. The van der Waals surface area contributed by atoms with Crippen molar-refractivity contribution in [3.8, 4) is 0 Å². The molecule has 2 heteroatoms. The first-order valence-corrected chi connectivity index (χ1v) is 8.01. The second kappa shape index (κ2) is 5.48. The van der Waals surface area contributed by atoms with E-state index in [1.54, 1.807) is 0 Å². The van der Waals surface area contributed by atoms with Crippen molar-refractivity contribution in [2.45, 2.75) is 60.4 Å². The fraction of sp³-hybridized carbons (Fsp3) is 0.722. The first-order chi connectivity index (χ1) is 9.34. The number of aryl methyl sites for hydroxylation is 1. The van der Waals surface area contributed by atoms with Crippen LogP contribution in [-0.4, -0.2) is 17.6 Å². The monoisotopic (exact) mass is 274 g/mol. The first kappa shape index (κ1) is 15.5. The summed E-state index contributed by atoms with van der Waals surface area (Å²) in [5.41, 5.74) is 3.37. The second-order valence-electron chi connectivity index (χ2n) is 7.30. The van der Waals surface area contributed by atoms with E-state index in [4.69, 9.17) is 0 Å². The lowest BCUT2D eigenvalue weighted by molar-refractivity contribution is 0.400. The van der Waals surface area contributed by atoms with Crippen LogP contribution in [0.15, 0.2) is 18.3 Å². The van der Waals surface area contributed by atoms with Crippen LogP contribution in [0.25, 0.3) is 0 Å². The van der Waals surface area contributed by atoms with Crippen molar-refractivity contribution >= 4 is 0 Å². The lowest BCUT2D eigenvalue weighted by Crippen LogP contribution is -2.35. The molecule has 0 bridgehead atoms. The van der Waals surface area contributed by atoms with Crippen molar-refractivity contribution in [2.24, 2.45) is 16.7 Å². The van der Waals surface area contributed by atoms with Gasteiger partial charge >= 0.3 is 0 Å². The van der Waals surface area contributed by atoms with E-state index in [1.165, 1.54) is 11.3 Å². The Hall–Kier alpha value is -0.890. The molecular weight excluding hydrogens is 244 g/mol. The molecule has 112 valence electrons. The van der Waals surface area contributed by atoms with E-state index in [2.05, 4.69) is 64.0 Å². The minimum Gasteiger partial charge on any atom is -0.314 e. The summed E-state index contributed by atoms with van der Waals surface area (Å²) >= 11 is 0. The normalized spacial score (nSPS) is 21.7. The van der Waals surface area contributed by atoms with Crippen LogP contribution in [0, 0.1) is 16.7 Å². The quantitative estimate of drug-likeness (QED) is 0.852. The highest BCUT2D eigenvalue weighted by Gasteiger charge is 2.66. The van der Waals surface area contributed by atoms with Crippen LogP contribution < -0.4 is 5.32 Å². The SMILES string of the molecule is CCNC(Cc1ccc(CC)cn1)C1C(C)(C)C1(C)C. The van der Waals surface area contributed by atoms with Crippen molar-refractivity contribution in [3.05, 3.63) is 29.6 Å². The summed E-state index contributed by atoms with van der Waals surface area (Å²) in [5, 5.41) is 3.69. The summed E-state index contributed by atoms with van der Waals surface area (Å²) in [6.45, 7) is 15.0. The molecule has 1 unspecified atom stereocenters. The van der Waals surface area contributed by atoms with E-state index in [0.29, 0.717) is 16.9 Å². The maximum absolute atomic E-state index is 4.64. The Balaban J connectivity index is 2.10. The van der Waals surface area contributed by atoms with Gasteiger partial charge in [-0.25, -0.2) is 0 Å². The highest BCUT2D eigenvalue weighted by atomic mass is 15.0. The summed E-state index contributed by atoms with van der Waals surface area (Å²) in [5.74, 6) is 0.725. The van der Waals surface area contributed by atoms with Crippen molar-refractivity contribution in [2.75, 3.05) is 6.54 Å².